The molecular weight excluding hydrogens is 227 g/mol. The summed E-state index contributed by atoms with van der Waals surface area (Å²) in [5.41, 5.74) is -0.432. The van der Waals surface area contributed by atoms with Crippen LogP contribution in [0.5, 0.6) is 0 Å². The van der Waals surface area contributed by atoms with E-state index in [-0.39, 0.29) is 18.2 Å². The van der Waals surface area contributed by atoms with E-state index < -0.39 is 5.60 Å². The van der Waals surface area contributed by atoms with E-state index in [0.29, 0.717) is 10.6 Å². The van der Waals surface area contributed by atoms with Crippen LogP contribution < -0.4 is 0 Å². The van der Waals surface area contributed by atoms with E-state index in [0.717, 1.165) is 6.42 Å². The van der Waals surface area contributed by atoms with Gasteiger partial charge in [-0.05, 0) is 36.6 Å². The largest absolute Gasteiger partial charge is 0.390 e. The average Bonchev–Trinajstić information content (AvgIpc) is 2.22. The van der Waals surface area contributed by atoms with Crippen LogP contribution in [0.25, 0.3) is 0 Å². The minimum Gasteiger partial charge on any atom is -0.390 e. The van der Waals surface area contributed by atoms with Crippen molar-refractivity contribution in [3.05, 3.63) is 34.6 Å². The highest BCUT2D eigenvalue weighted by molar-refractivity contribution is 6.30. The number of aliphatic hydroxyl groups is 1. The van der Waals surface area contributed by atoms with Crippen molar-refractivity contribution < 1.29 is 9.50 Å². The lowest BCUT2D eigenvalue weighted by molar-refractivity contribution is 0.00447. The van der Waals surface area contributed by atoms with Gasteiger partial charge >= 0.3 is 0 Å². The van der Waals surface area contributed by atoms with Crippen molar-refractivity contribution in [3.63, 3.8) is 0 Å². The standard InChI is InChI=1S/C13H18ClFO/c1-4-9(2)13(3,16)8-10-7-11(14)5-6-12(10)15/h5-7,9,16H,4,8H2,1-3H3. The SMILES string of the molecule is CCC(C)C(C)(O)Cc1cc(Cl)ccc1F. The third-order valence-corrected chi connectivity index (χ3v) is 3.47. The van der Waals surface area contributed by atoms with Gasteiger partial charge in [-0.15, -0.1) is 0 Å². The number of halogens is 2. The highest BCUT2D eigenvalue weighted by Crippen LogP contribution is 2.26. The van der Waals surface area contributed by atoms with Crippen molar-refractivity contribution in [2.45, 2.75) is 39.2 Å². The molecule has 0 spiro atoms. The Morgan fingerprint density at radius 2 is 2.12 bits per heavy atom. The van der Waals surface area contributed by atoms with E-state index in [4.69, 9.17) is 11.6 Å². The van der Waals surface area contributed by atoms with Crippen LogP contribution in [0.2, 0.25) is 5.02 Å². The third-order valence-electron chi connectivity index (χ3n) is 3.23. The molecule has 0 heterocycles. The topological polar surface area (TPSA) is 20.2 Å². The van der Waals surface area contributed by atoms with Gasteiger partial charge in [-0.3, -0.25) is 0 Å². The molecule has 3 heteroatoms. The zero-order valence-corrected chi connectivity index (χ0v) is 10.7. The van der Waals surface area contributed by atoms with Crippen LogP contribution in [0.4, 0.5) is 4.39 Å². The monoisotopic (exact) mass is 244 g/mol. The van der Waals surface area contributed by atoms with Crippen molar-refractivity contribution in [2.75, 3.05) is 0 Å². The Balaban J connectivity index is 2.91. The Hall–Kier alpha value is -0.600. The molecule has 0 amide bonds. The maximum atomic E-state index is 13.5. The molecule has 0 aliphatic heterocycles. The average molecular weight is 245 g/mol. The summed E-state index contributed by atoms with van der Waals surface area (Å²) in [5.74, 6) is -0.196. The molecule has 1 N–H and O–H groups in total. The fourth-order valence-electron chi connectivity index (χ4n) is 1.68. The van der Waals surface area contributed by atoms with Crippen molar-refractivity contribution in [2.24, 2.45) is 5.92 Å². The van der Waals surface area contributed by atoms with Gasteiger partial charge < -0.3 is 5.11 Å². The van der Waals surface area contributed by atoms with Gasteiger partial charge in [0.15, 0.2) is 0 Å². The van der Waals surface area contributed by atoms with Gasteiger partial charge in [0, 0.05) is 11.4 Å². The summed E-state index contributed by atoms with van der Waals surface area (Å²) < 4.78 is 13.5. The van der Waals surface area contributed by atoms with Crippen LogP contribution in [0.3, 0.4) is 0 Å². The van der Waals surface area contributed by atoms with Crippen LogP contribution in [-0.2, 0) is 6.42 Å². The zero-order chi connectivity index (χ0) is 12.3. The Labute approximate surface area is 101 Å². The van der Waals surface area contributed by atoms with E-state index in [1.807, 2.05) is 13.8 Å². The summed E-state index contributed by atoms with van der Waals surface area (Å²) in [6, 6.07) is 4.43. The number of hydrogen-bond acceptors (Lipinski definition) is 1. The summed E-state index contributed by atoms with van der Waals surface area (Å²) in [4.78, 5) is 0. The fraction of sp³-hybridized carbons (Fsp3) is 0.538. The Morgan fingerprint density at radius 1 is 1.50 bits per heavy atom. The summed E-state index contributed by atoms with van der Waals surface area (Å²) in [7, 11) is 0. The van der Waals surface area contributed by atoms with E-state index in [1.165, 1.54) is 12.1 Å². The molecule has 0 saturated carbocycles. The normalized spacial score (nSPS) is 16.9. The molecule has 0 aliphatic rings. The quantitative estimate of drug-likeness (QED) is 0.854. The first kappa shape index (κ1) is 13.5. The van der Waals surface area contributed by atoms with Crippen LogP contribution in [0.1, 0.15) is 32.8 Å². The minimum absolute atomic E-state index is 0.117. The predicted molar refractivity (Wildman–Crippen MR) is 65.2 cm³/mol. The summed E-state index contributed by atoms with van der Waals surface area (Å²) in [6.07, 6.45) is 1.14. The molecular formula is C13H18ClFO. The molecule has 1 nitrogen and oxygen atoms in total. The molecule has 0 saturated heterocycles. The summed E-state index contributed by atoms with van der Waals surface area (Å²) in [6.45, 7) is 5.71. The van der Waals surface area contributed by atoms with Gasteiger partial charge in [0.1, 0.15) is 5.82 Å². The molecule has 0 fully saturated rings. The molecule has 1 aromatic rings. The maximum absolute atomic E-state index is 13.5. The van der Waals surface area contributed by atoms with Crippen molar-refractivity contribution in [3.8, 4) is 0 Å². The lowest BCUT2D eigenvalue weighted by Crippen LogP contribution is -2.35. The molecule has 1 rings (SSSR count). The molecule has 16 heavy (non-hydrogen) atoms. The molecule has 2 unspecified atom stereocenters. The first-order valence-corrected chi connectivity index (χ1v) is 5.91. The fourth-order valence-corrected chi connectivity index (χ4v) is 1.87. The second-order valence-electron chi connectivity index (χ2n) is 4.58. The minimum atomic E-state index is -0.903. The number of hydrogen-bond donors (Lipinski definition) is 1. The number of benzene rings is 1. The Bertz CT molecular complexity index is 363. The molecule has 0 aliphatic carbocycles. The summed E-state index contributed by atoms with van der Waals surface area (Å²) >= 11 is 5.81. The van der Waals surface area contributed by atoms with E-state index in [9.17, 15) is 9.50 Å². The van der Waals surface area contributed by atoms with Crippen molar-refractivity contribution in [1.29, 1.82) is 0 Å². The maximum Gasteiger partial charge on any atom is 0.126 e. The predicted octanol–water partition coefficient (Wildman–Crippen LogP) is 3.82. The van der Waals surface area contributed by atoms with E-state index in [1.54, 1.807) is 13.0 Å². The zero-order valence-electron chi connectivity index (χ0n) is 9.93. The van der Waals surface area contributed by atoms with Crippen LogP contribution in [-0.4, -0.2) is 10.7 Å². The second-order valence-corrected chi connectivity index (χ2v) is 5.02. The first-order valence-electron chi connectivity index (χ1n) is 5.53. The molecule has 0 aromatic heterocycles. The first-order chi connectivity index (χ1) is 7.36. The lowest BCUT2D eigenvalue weighted by Gasteiger charge is -2.30. The van der Waals surface area contributed by atoms with E-state index >= 15 is 0 Å². The summed E-state index contributed by atoms with van der Waals surface area (Å²) in [5, 5.41) is 10.7. The molecule has 1 aromatic carbocycles. The van der Waals surface area contributed by atoms with Gasteiger partial charge in [-0.2, -0.15) is 0 Å². The lowest BCUT2D eigenvalue weighted by atomic mass is 9.83. The van der Waals surface area contributed by atoms with Gasteiger partial charge in [0.25, 0.3) is 0 Å². The Morgan fingerprint density at radius 3 is 2.69 bits per heavy atom. The van der Waals surface area contributed by atoms with Crippen LogP contribution in [0.15, 0.2) is 18.2 Å². The van der Waals surface area contributed by atoms with E-state index in [2.05, 4.69) is 0 Å². The number of rotatable bonds is 4. The van der Waals surface area contributed by atoms with Crippen LogP contribution >= 0.6 is 11.6 Å². The smallest absolute Gasteiger partial charge is 0.126 e. The molecule has 0 bridgehead atoms. The van der Waals surface area contributed by atoms with Gasteiger partial charge in [0.05, 0.1) is 5.60 Å². The molecule has 0 radical (unpaired) electrons. The third kappa shape index (κ3) is 3.19. The van der Waals surface area contributed by atoms with Gasteiger partial charge in [-0.1, -0.05) is 31.9 Å². The highest BCUT2D eigenvalue weighted by atomic mass is 35.5. The van der Waals surface area contributed by atoms with Gasteiger partial charge in [0.2, 0.25) is 0 Å². The van der Waals surface area contributed by atoms with Crippen molar-refractivity contribution >= 4 is 11.6 Å². The van der Waals surface area contributed by atoms with Gasteiger partial charge in [-0.25, -0.2) is 4.39 Å². The second kappa shape index (κ2) is 5.15. The highest BCUT2D eigenvalue weighted by Gasteiger charge is 2.28. The van der Waals surface area contributed by atoms with Crippen molar-refractivity contribution in [1.82, 2.24) is 0 Å². The van der Waals surface area contributed by atoms with Crippen LogP contribution in [0, 0.1) is 11.7 Å². The molecule has 90 valence electrons. The Kier molecular flexibility index (Phi) is 4.34. The molecule has 2 atom stereocenters.